The fourth-order valence-electron chi connectivity index (χ4n) is 2.79. The van der Waals surface area contributed by atoms with Crippen LogP contribution in [0.4, 0.5) is 5.82 Å². The Morgan fingerprint density at radius 3 is 2.42 bits per heavy atom. The fraction of sp³-hybridized carbons (Fsp3) is 0.647. The van der Waals surface area contributed by atoms with E-state index in [0.29, 0.717) is 24.3 Å². The van der Waals surface area contributed by atoms with Crippen LogP contribution in [0.5, 0.6) is 0 Å². The molecule has 0 bridgehead atoms. The average molecular weight is 338 g/mol. The molecule has 136 valence electrons. The van der Waals surface area contributed by atoms with Gasteiger partial charge in [0.1, 0.15) is 29.6 Å². The van der Waals surface area contributed by atoms with Gasteiger partial charge in [-0.2, -0.15) is 0 Å². The monoisotopic (exact) mass is 338 g/mol. The van der Waals surface area contributed by atoms with E-state index in [1.807, 2.05) is 45.4 Å². The van der Waals surface area contributed by atoms with Crippen LogP contribution in [-0.2, 0) is 4.74 Å². The molecule has 1 saturated heterocycles. The summed E-state index contributed by atoms with van der Waals surface area (Å²) in [7, 11) is 0. The first kappa shape index (κ1) is 20.3. The van der Waals surface area contributed by atoms with Crippen molar-refractivity contribution in [2.45, 2.75) is 59.3 Å². The normalized spacial score (nSPS) is 18.5. The number of anilines is 1. The van der Waals surface area contributed by atoms with Crippen LogP contribution < -0.4 is 5.73 Å². The van der Waals surface area contributed by atoms with E-state index in [-0.39, 0.29) is 19.4 Å². The SMILES string of the molecule is CC.CC.Cc1cn(C2CCC(CO)(CO)O2)c2ncnc(N)c12. The molecule has 0 aliphatic carbocycles. The van der Waals surface area contributed by atoms with Crippen LogP contribution in [0, 0.1) is 6.92 Å². The second kappa shape index (κ2) is 8.96. The molecule has 0 spiro atoms. The van der Waals surface area contributed by atoms with Gasteiger partial charge in [0.25, 0.3) is 0 Å². The topological polar surface area (TPSA) is 106 Å². The Morgan fingerprint density at radius 1 is 1.25 bits per heavy atom. The molecule has 7 heteroatoms. The number of nitrogens with two attached hydrogens (primary N) is 1. The maximum absolute atomic E-state index is 9.40. The van der Waals surface area contributed by atoms with Crippen molar-refractivity contribution in [2.24, 2.45) is 0 Å². The fourth-order valence-corrected chi connectivity index (χ4v) is 2.79. The van der Waals surface area contributed by atoms with E-state index in [1.165, 1.54) is 6.33 Å². The lowest BCUT2D eigenvalue weighted by atomic mass is 10.0. The second-order valence-corrected chi connectivity index (χ2v) is 5.29. The number of ether oxygens (including phenoxy) is 1. The van der Waals surface area contributed by atoms with Gasteiger partial charge in [0.15, 0.2) is 0 Å². The lowest BCUT2D eigenvalue weighted by Gasteiger charge is -2.25. The summed E-state index contributed by atoms with van der Waals surface area (Å²) in [6.07, 6.45) is 4.39. The van der Waals surface area contributed by atoms with Gasteiger partial charge in [0.05, 0.1) is 18.6 Å². The number of rotatable bonds is 3. The molecule has 2 aromatic heterocycles. The summed E-state index contributed by atoms with van der Waals surface area (Å²) < 4.78 is 7.76. The standard InChI is InChI=1S/C13H18N4O3.2C2H6/c1-8-4-17(12-10(8)11(14)15-7-16-12)9-2-3-13(5-18,6-19)20-9;2*1-2/h4,7,9,18-19H,2-3,5-6H2,1H3,(H2,14,15,16);2*1-2H3. The molecule has 0 saturated carbocycles. The summed E-state index contributed by atoms with van der Waals surface area (Å²) >= 11 is 0. The lowest BCUT2D eigenvalue weighted by Crippen LogP contribution is -2.37. The van der Waals surface area contributed by atoms with E-state index < -0.39 is 5.60 Å². The van der Waals surface area contributed by atoms with Crippen LogP contribution in [0.3, 0.4) is 0 Å². The first-order valence-electron chi connectivity index (χ1n) is 8.57. The van der Waals surface area contributed by atoms with Gasteiger partial charge in [-0.15, -0.1) is 0 Å². The Balaban J connectivity index is 0.000000671. The molecular weight excluding hydrogens is 308 g/mol. The highest BCUT2D eigenvalue weighted by Gasteiger charge is 2.40. The average Bonchev–Trinajstić information content (AvgIpc) is 3.21. The van der Waals surface area contributed by atoms with E-state index >= 15 is 0 Å². The summed E-state index contributed by atoms with van der Waals surface area (Å²) in [5.41, 5.74) is 6.72. The molecule has 24 heavy (non-hydrogen) atoms. The van der Waals surface area contributed by atoms with Crippen molar-refractivity contribution in [2.75, 3.05) is 18.9 Å². The smallest absolute Gasteiger partial charge is 0.147 e. The molecule has 1 unspecified atom stereocenters. The number of hydrogen-bond acceptors (Lipinski definition) is 6. The number of hydrogen-bond donors (Lipinski definition) is 3. The van der Waals surface area contributed by atoms with Crippen LogP contribution >= 0.6 is 0 Å². The third kappa shape index (κ3) is 3.68. The summed E-state index contributed by atoms with van der Waals surface area (Å²) in [6.45, 7) is 9.55. The van der Waals surface area contributed by atoms with E-state index in [2.05, 4.69) is 9.97 Å². The number of aryl methyl sites for hydroxylation is 1. The minimum atomic E-state index is -0.867. The highest BCUT2D eigenvalue weighted by Crippen LogP contribution is 2.38. The van der Waals surface area contributed by atoms with Crippen molar-refractivity contribution in [3.8, 4) is 0 Å². The molecule has 1 fully saturated rings. The number of nitrogens with zero attached hydrogens (tertiary/aromatic N) is 3. The molecule has 0 aromatic carbocycles. The number of fused-ring (bicyclic) bond motifs is 1. The Labute approximate surface area is 143 Å². The molecule has 1 atom stereocenters. The van der Waals surface area contributed by atoms with Crippen molar-refractivity contribution >= 4 is 16.9 Å². The second-order valence-electron chi connectivity index (χ2n) is 5.29. The molecule has 0 radical (unpaired) electrons. The van der Waals surface area contributed by atoms with Crippen LogP contribution in [0.15, 0.2) is 12.5 Å². The maximum Gasteiger partial charge on any atom is 0.147 e. The molecule has 1 aliphatic rings. The van der Waals surface area contributed by atoms with Crippen LogP contribution in [0.1, 0.15) is 52.3 Å². The van der Waals surface area contributed by atoms with E-state index in [4.69, 9.17) is 10.5 Å². The van der Waals surface area contributed by atoms with Crippen molar-refractivity contribution in [3.63, 3.8) is 0 Å². The maximum atomic E-state index is 9.40. The Bertz CT molecular complexity index is 638. The third-order valence-electron chi connectivity index (χ3n) is 3.95. The predicted molar refractivity (Wildman–Crippen MR) is 95.6 cm³/mol. The van der Waals surface area contributed by atoms with Crippen LogP contribution in [0.25, 0.3) is 11.0 Å². The minimum absolute atomic E-state index is 0.199. The van der Waals surface area contributed by atoms with Crippen molar-refractivity contribution < 1.29 is 14.9 Å². The first-order valence-corrected chi connectivity index (χ1v) is 8.57. The highest BCUT2D eigenvalue weighted by molar-refractivity contribution is 5.89. The van der Waals surface area contributed by atoms with Gasteiger partial charge < -0.3 is 25.3 Å². The van der Waals surface area contributed by atoms with Crippen molar-refractivity contribution in [1.29, 1.82) is 0 Å². The van der Waals surface area contributed by atoms with Crippen LogP contribution in [-0.4, -0.2) is 43.6 Å². The quantitative estimate of drug-likeness (QED) is 0.793. The minimum Gasteiger partial charge on any atom is -0.393 e. The summed E-state index contributed by atoms with van der Waals surface area (Å²) in [4.78, 5) is 8.28. The largest absolute Gasteiger partial charge is 0.393 e. The zero-order chi connectivity index (χ0) is 18.3. The summed E-state index contributed by atoms with van der Waals surface area (Å²) in [5.74, 6) is 0.444. The first-order chi connectivity index (χ1) is 11.6. The molecular formula is C17H30N4O3. The molecule has 2 aromatic rings. The highest BCUT2D eigenvalue weighted by atomic mass is 16.5. The molecule has 3 heterocycles. The van der Waals surface area contributed by atoms with Crippen molar-refractivity contribution in [1.82, 2.24) is 14.5 Å². The van der Waals surface area contributed by atoms with Gasteiger partial charge in [-0.25, -0.2) is 9.97 Å². The number of aliphatic hydroxyl groups is 2. The third-order valence-corrected chi connectivity index (χ3v) is 3.95. The van der Waals surface area contributed by atoms with E-state index in [9.17, 15) is 10.2 Å². The number of aromatic nitrogens is 3. The number of aliphatic hydroxyl groups excluding tert-OH is 2. The van der Waals surface area contributed by atoms with Gasteiger partial charge in [-0.1, -0.05) is 27.7 Å². The lowest BCUT2D eigenvalue weighted by molar-refractivity contribution is -0.120. The van der Waals surface area contributed by atoms with Gasteiger partial charge in [-0.3, -0.25) is 0 Å². The molecule has 0 amide bonds. The Morgan fingerprint density at radius 2 is 1.88 bits per heavy atom. The number of nitrogen functional groups attached to an aromatic ring is 1. The Hall–Kier alpha value is -1.70. The predicted octanol–water partition coefficient (Wildman–Crippen LogP) is 2.41. The van der Waals surface area contributed by atoms with Gasteiger partial charge in [0, 0.05) is 6.20 Å². The Kier molecular flexibility index (Phi) is 7.59. The van der Waals surface area contributed by atoms with Crippen molar-refractivity contribution in [3.05, 3.63) is 18.1 Å². The van der Waals surface area contributed by atoms with E-state index in [0.717, 1.165) is 10.9 Å². The zero-order valence-electron chi connectivity index (χ0n) is 15.3. The van der Waals surface area contributed by atoms with Gasteiger partial charge in [0.2, 0.25) is 0 Å². The summed E-state index contributed by atoms with van der Waals surface area (Å²) in [6, 6.07) is 0. The molecule has 3 rings (SSSR count). The van der Waals surface area contributed by atoms with Gasteiger partial charge in [-0.05, 0) is 25.3 Å². The molecule has 4 N–H and O–H groups in total. The van der Waals surface area contributed by atoms with Crippen LogP contribution in [0.2, 0.25) is 0 Å². The summed E-state index contributed by atoms with van der Waals surface area (Å²) in [5, 5.41) is 19.6. The van der Waals surface area contributed by atoms with E-state index in [1.54, 1.807) is 0 Å². The molecule has 1 aliphatic heterocycles. The zero-order valence-corrected chi connectivity index (χ0v) is 15.3. The molecule has 7 nitrogen and oxygen atoms in total. The van der Waals surface area contributed by atoms with Gasteiger partial charge >= 0.3 is 0 Å².